The van der Waals surface area contributed by atoms with Crippen LogP contribution in [-0.2, 0) is 16.1 Å². The molecule has 0 aliphatic carbocycles. The zero-order chi connectivity index (χ0) is 12.7. The number of benzene rings is 1. The molecule has 0 saturated heterocycles. The Morgan fingerprint density at radius 1 is 1.47 bits per heavy atom. The molecular formula is C14H19NO2. The molecule has 0 aliphatic rings. The third-order valence-corrected chi connectivity index (χ3v) is 2.67. The van der Waals surface area contributed by atoms with Crippen molar-refractivity contribution in [3.8, 4) is 0 Å². The quantitative estimate of drug-likeness (QED) is 0.557. The second kappa shape index (κ2) is 6.86. The molecule has 17 heavy (non-hydrogen) atoms. The Morgan fingerprint density at radius 2 is 2.12 bits per heavy atom. The minimum absolute atomic E-state index is 0.219. The van der Waals surface area contributed by atoms with Crippen LogP contribution >= 0.6 is 0 Å². The fourth-order valence-corrected chi connectivity index (χ4v) is 1.73. The largest absolute Gasteiger partial charge is 0.468 e. The lowest BCUT2D eigenvalue weighted by atomic mass is 10.1. The van der Waals surface area contributed by atoms with E-state index in [1.165, 1.54) is 12.7 Å². The molecule has 3 nitrogen and oxygen atoms in total. The van der Waals surface area contributed by atoms with E-state index < -0.39 is 0 Å². The van der Waals surface area contributed by atoms with Gasteiger partial charge in [0.05, 0.1) is 7.11 Å². The van der Waals surface area contributed by atoms with Gasteiger partial charge in [-0.05, 0) is 19.0 Å². The third kappa shape index (κ3) is 4.04. The standard InChI is InChI=1S/C14H19NO2/c1-4-8-13(14(16)17-3)15(2)11-12-9-6-5-7-10-12/h4-7,9-10,13H,1,8,11H2,2-3H3/t13-/m0/s1. The van der Waals surface area contributed by atoms with E-state index in [0.29, 0.717) is 13.0 Å². The van der Waals surface area contributed by atoms with Gasteiger partial charge in [-0.1, -0.05) is 36.4 Å². The van der Waals surface area contributed by atoms with E-state index in [1.807, 2.05) is 42.3 Å². The van der Waals surface area contributed by atoms with Gasteiger partial charge in [0.25, 0.3) is 0 Å². The van der Waals surface area contributed by atoms with Crippen molar-refractivity contribution in [2.45, 2.75) is 19.0 Å². The molecule has 0 bridgehead atoms. The number of carbonyl (C=O) groups excluding carboxylic acids is 1. The smallest absolute Gasteiger partial charge is 0.323 e. The molecule has 1 aromatic carbocycles. The Hall–Kier alpha value is -1.61. The van der Waals surface area contributed by atoms with Crippen LogP contribution < -0.4 is 0 Å². The minimum Gasteiger partial charge on any atom is -0.468 e. The minimum atomic E-state index is -0.266. The van der Waals surface area contributed by atoms with Crippen LogP contribution in [-0.4, -0.2) is 31.1 Å². The molecule has 0 spiro atoms. The fraction of sp³-hybridized carbons (Fsp3) is 0.357. The predicted octanol–water partition coefficient (Wildman–Crippen LogP) is 2.24. The summed E-state index contributed by atoms with van der Waals surface area (Å²) in [5, 5.41) is 0. The molecule has 0 N–H and O–H groups in total. The van der Waals surface area contributed by atoms with Crippen LogP contribution in [0, 0.1) is 0 Å². The summed E-state index contributed by atoms with van der Waals surface area (Å²) in [6.45, 7) is 4.39. The van der Waals surface area contributed by atoms with Crippen molar-refractivity contribution in [1.29, 1.82) is 0 Å². The maximum atomic E-state index is 11.6. The molecule has 0 saturated carbocycles. The monoisotopic (exact) mass is 233 g/mol. The Bertz CT molecular complexity index is 362. The van der Waals surface area contributed by atoms with Crippen molar-refractivity contribution in [2.24, 2.45) is 0 Å². The molecule has 1 rings (SSSR count). The van der Waals surface area contributed by atoms with E-state index in [-0.39, 0.29) is 12.0 Å². The molecule has 92 valence electrons. The average Bonchev–Trinajstić information content (AvgIpc) is 2.36. The zero-order valence-corrected chi connectivity index (χ0v) is 10.4. The highest BCUT2D eigenvalue weighted by molar-refractivity contribution is 5.75. The lowest BCUT2D eigenvalue weighted by Gasteiger charge is -2.24. The summed E-state index contributed by atoms with van der Waals surface area (Å²) in [5.41, 5.74) is 1.17. The zero-order valence-electron chi connectivity index (χ0n) is 10.4. The Labute approximate surface area is 103 Å². The molecule has 0 aliphatic heterocycles. The van der Waals surface area contributed by atoms with E-state index in [4.69, 9.17) is 4.74 Å². The van der Waals surface area contributed by atoms with Crippen LogP contribution in [0.15, 0.2) is 43.0 Å². The van der Waals surface area contributed by atoms with Crippen molar-refractivity contribution in [3.63, 3.8) is 0 Å². The van der Waals surface area contributed by atoms with Gasteiger partial charge in [-0.3, -0.25) is 9.69 Å². The summed E-state index contributed by atoms with van der Waals surface area (Å²) in [4.78, 5) is 13.6. The molecule has 1 atom stereocenters. The lowest BCUT2D eigenvalue weighted by molar-refractivity contribution is -0.146. The SMILES string of the molecule is C=CC[C@@H](C(=O)OC)N(C)Cc1ccccc1. The van der Waals surface area contributed by atoms with Gasteiger partial charge in [-0.25, -0.2) is 0 Å². The number of nitrogens with zero attached hydrogens (tertiary/aromatic N) is 1. The second-order valence-corrected chi connectivity index (χ2v) is 3.96. The maximum Gasteiger partial charge on any atom is 0.323 e. The normalized spacial score (nSPS) is 12.2. The number of hydrogen-bond acceptors (Lipinski definition) is 3. The molecule has 0 radical (unpaired) electrons. The Kier molecular flexibility index (Phi) is 5.43. The van der Waals surface area contributed by atoms with E-state index in [2.05, 4.69) is 6.58 Å². The van der Waals surface area contributed by atoms with Crippen molar-refractivity contribution < 1.29 is 9.53 Å². The van der Waals surface area contributed by atoms with Crippen molar-refractivity contribution in [3.05, 3.63) is 48.6 Å². The molecule has 0 fully saturated rings. The molecular weight excluding hydrogens is 214 g/mol. The van der Waals surface area contributed by atoms with Crippen molar-refractivity contribution in [2.75, 3.05) is 14.2 Å². The summed E-state index contributed by atoms with van der Waals surface area (Å²) < 4.78 is 4.80. The molecule has 0 aromatic heterocycles. The topological polar surface area (TPSA) is 29.5 Å². The first kappa shape index (κ1) is 13.5. The number of methoxy groups -OCH3 is 1. The average molecular weight is 233 g/mol. The van der Waals surface area contributed by atoms with Gasteiger partial charge >= 0.3 is 5.97 Å². The highest BCUT2D eigenvalue weighted by Crippen LogP contribution is 2.10. The maximum absolute atomic E-state index is 11.6. The fourth-order valence-electron chi connectivity index (χ4n) is 1.73. The number of likely N-dealkylation sites (N-methyl/N-ethyl adjacent to an activating group) is 1. The van der Waals surface area contributed by atoms with E-state index in [0.717, 1.165) is 0 Å². The molecule has 3 heteroatoms. The summed E-state index contributed by atoms with van der Waals surface area (Å²) in [6.07, 6.45) is 2.33. The van der Waals surface area contributed by atoms with E-state index in [1.54, 1.807) is 6.08 Å². The highest BCUT2D eigenvalue weighted by Gasteiger charge is 2.22. The first-order valence-electron chi connectivity index (χ1n) is 5.62. The number of ether oxygens (including phenoxy) is 1. The van der Waals surface area contributed by atoms with Gasteiger partial charge in [-0.15, -0.1) is 6.58 Å². The van der Waals surface area contributed by atoms with Crippen LogP contribution in [0.2, 0.25) is 0 Å². The summed E-state index contributed by atoms with van der Waals surface area (Å²) in [5.74, 6) is -0.219. The van der Waals surface area contributed by atoms with Crippen LogP contribution in [0.5, 0.6) is 0 Å². The lowest BCUT2D eigenvalue weighted by Crippen LogP contribution is -2.38. The van der Waals surface area contributed by atoms with Crippen LogP contribution in [0.4, 0.5) is 0 Å². The first-order chi connectivity index (χ1) is 8.19. The summed E-state index contributed by atoms with van der Waals surface area (Å²) in [7, 11) is 3.33. The van der Waals surface area contributed by atoms with Gasteiger partial charge in [0, 0.05) is 6.54 Å². The highest BCUT2D eigenvalue weighted by atomic mass is 16.5. The van der Waals surface area contributed by atoms with E-state index >= 15 is 0 Å². The second-order valence-electron chi connectivity index (χ2n) is 3.96. The molecule has 0 unspecified atom stereocenters. The summed E-state index contributed by atoms with van der Waals surface area (Å²) in [6, 6.07) is 9.77. The Morgan fingerprint density at radius 3 is 2.65 bits per heavy atom. The van der Waals surface area contributed by atoms with Crippen LogP contribution in [0.25, 0.3) is 0 Å². The van der Waals surface area contributed by atoms with Gasteiger partial charge < -0.3 is 4.74 Å². The van der Waals surface area contributed by atoms with Crippen molar-refractivity contribution in [1.82, 2.24) is 4.90 Å². The van der Waals surface area contributed by atoms with Gasteiger partial charge in [-0.2, -0.15) is 0 Å². The number of rotatable bonds is 6. The molecule has 0 amide bonds. The van der Waals surface area contributed by atoms with Gasteiger partial charge in [0.15, 0.2) is 0 Å². The molecule has 1 aromatic rings. The third-order valence-electron chi connectivity index (χ3n) is 2.67. The molecule has 0 heterocycles. The van der Waals surface area contributed by atoms with Crippen molar-refractivity contribution >= 4 is 5.97 Å². The number of esters is 1. The summed E-state index contributed by atoms with van der Waals surface area (Å²) >= 11 is 0. The van der Waals surface area contributed by atoms with Crippen LogP contribution in [0.3, 0.4) is 0 Å². The van der Waals surface area contributed by atoms with Gasteiger partial charge in [0.2, 0.25) is 0 Å². The number of hydrogen-bond donors (Lipinski definition) is 0. The van der Waals surface area contributed by atoms with E-state index in [9.17, 15) is 4.79 Å². The number of carbonyl (C=O) groups is 1. The van der Waals surface area contributed by atoms with Crippen LogP contribution in [0.1, 0.15) is 12.0 Å². The van der Waals surface area contributed by atoms with Gasteiger partial charge in [0.1, 0.15) is 6.04 Å². The first-order valence-corrected chi connectivity index (χ1v) is 5.62. The predicted molar refractivity (Wildman–Crippen MR) is 68.5 cm³/mol. The Balaban J connectivity index is 2.68.